The summed E-state index contributed by atoms with van der Waals surface area (Å²) in [5.41, 5.74) is 0.484. The summed E-state index contributed by atoms with van der Waals surface area (Å²) in [6.45, 7) is 6.84. The molecule has 0 heterocycles. The molecule has 1 aromatic rings. The maximum Gasteiger partial charge on any atom is 0.244 e. The van der Waals surface area contributed by atoms with Gasteiger partial charge in [-0.1, -0.05) is 0 Å². The number of benzene rings is 1. The Morgan fingerprint density at radius 3 is 2.58 bits per heavy atom. The van der Waals surface area contributed by atoms with Gasteiger partial charge < -0.3 is 10.2 Å². The Balaban J connectivity index is 2.77. The highest BCUT2D eigenvalue weighted by atomic mass is 19.1. The highest BCUT2D eigenvalue weighted by Gasteiger charge is 2.18. The van der Waals surface area contributed by atoms with Crippen LogP contribution in [-0.2, 0) is 4.79 Å². The van der Waals surface area contributed by atoms with E-state index < -0.39 is 11.9 Å². The van der Waals surface area contributed by atoms with Gasteiger partial charge in [-0.05, 0) is 39.0 Å². The molecule has 0 aliphatic rings. The second-order valence-corrected chi connectivity index (χ2v) is 4.18. The minimum absolute atomic E-state index is 0.00623. The average Bonchev–Trinajstić information content (AvgIpc) is 2.40. The van der Waals surface area contributed by atoms with Crippen molar-refractivity contribution in [3.05, 3.63) is 29.6 Å². The average molecular weight is 263 g/mol. The van der Waals surface area contributed by atoms with Gasteiger partial charge in [0.25, 0.3) is 0 Å². The lowest BCUT2D eigenvalue weighted by atomic mass is 10.2. The van der Waals surface area contributed by atoms with Crippen LogP contribution >= 0.6 is 0 Å². The highest BCUT2D eigenvalue weighted by molar-refractivity contribution is 5.84. The van der Waals surface area contributed by atoms with Gasteiger partial charge in [0.05, 0.1) is 5.56 Å². The maximum atomic E-state index is 13.4. The molecule has 0 saturated carbocycles. The fraction of sp³-hybridized carbons (Fsp3) is 0.429. The Labute approximate surface area is 112 Å². The summed E-state index contributed by atoms with van der Waals surface area (Å²) in [7, 11) is 0. The first-order chi connectivity index (χ1) is 9.03. The smallest absolute Gasteiger partial charge is 0.244 e. The lowest BCUT2D eigenvalue weighted by molar-refractivity contribution is -0.131. The molecule has 1 unspecified atom stereocenters. The van der Waals surface area contributed by atoms with Crippen molar-refractivity contribution in [2.75, 3.05) is 18.4 Å². The number of amides is 1. The topological polar surface area (TPSA) is 56.1 Å². The minimum atomic E-state index is -0.588. The molecule has 1 atom stereocenters. The van der Waals surface area contributed by atoms with Crippen LogP contribution in [0.5, 0.6) is 0 Å². The first-order valence-electron chi connectivity index (χ1n) is 6.28. The number of rotatable bonds is 5. The van der Waals surface area contributed by atoms with E-state index in [0.29, 0.717) is 18.8 Å². The zero-order valence-corrected chi connectivity index (χ0v) is 11.4. The molecule has 0 bridgehead atoms. The SMILES string of the molecule is CCN(CC)C(=O)C(C)Nc1ccc(C#N)c(F)c1. The largest absolute Gasteiger partial charge is 0.374 e. The summed E-state index contributed by atoms with van der Waals surface area (Å²) in [4.78, 5) is 13.7. The number of nitrogens with zero attached hydrogens (tertiary/aromatic N) is 2. The summed E-state index contributed by atoms with van der Waals surface area (Å²) in [6.07, 6.45) is 0. The van der Waals surface area contributed by atoms with Crippen LogP contribution in [0, 0.1) is 17.1 Å². The molecule has 102 valence electrons. The summed E-state index contributed by atoms with van der Waals surface area (Å²) < 4.78 is 13.4. The van der Waals surface area contributed by atoms with Crippen molar-refractivity contribution in [3.8, 4) is 6.07 Å². The summed E-state index contributed by atoms with van der Waals surface area (Å²) in [6, 6.07) is 5.53. The predicted molar refractivity (Wildman–Crippen MR) is 72.1 cm³/mol. The highest BCUT2D eigenvalue weighted by Crippen LogP contribution is 2.15. The number of anilines is 1. The molecule has 1 N–H and O–H groups in total. The van der Waals surface area contributed by atoms with Gasteiger partial charge in [0, 0.05) is 18.8 Å². The van der Waals surface area contributed by atoms with E-state index in [1.807, 2.05) is 13.8 Å². The third kappa shape index (κ3) is 3.68. The van der Waals surface area contributed by atoms with Crippen LogP contribution in [0.15, 0.2) is 18.2 Å². The molecule has 0 radical (unpaired) electrons. The van der Waals surface area contributed by atoms with Gasteiger partial charge in [-0.3, -0.25) is 4.79 Å². The van der Waals surface area contributed by atoms with Crippen molar-refractivity contribution >= 4 is 11.6 Å². The fourth-order valence-corrected chi connectivity index (χ4v) is 1.82. The van der Waals surface area contributed by atoms with Crippen LogP contribution in [0.2, 0.25) is 0 Å². The van der Waals surface area contributed by atoms with Gasteiger partial charge in [-0.15, -0.1) is 0 Å². The van der Waals surface area contributed by atoms with Crippen LogP contribution in [0.4, 0.5) is 10.1 Å². The standard InChI is InChI=1S/C14H18FN3O/c1-4-18(5-2)14(19)10(3)17-12-7-6-11(9-16)13(15)8-12/h6-8,10,17H,4-5H2,1-3H3. The van der Waals surface area contributed by atoms with Crippen molar-refractivity contribution in [2.24, 2.45) is 0 Å². The van der Waals surface area contributed by atoms with Crippen LogP contribution in [-0.4, -0.2) is 29.9 Å². The van der Waals surface area contributed by atoms with Gasteiger partial charge in [0.2, 0.25) is 5.91 Å². The quantitative estimate of drug-likeness (QED) is 0.887. The first-order valence-corrected chi connectivity index (χ1v) is 6.28. The molecule has 0 aromatic heterocycles. The number of likely N-dealkylation sites (N-methyl/N-ethyl adjacent to an activating group) is 1. The number of hydrogen-bond acceptors (Lipinski definition) is 3. The predicted octanol–water partition coefficient (Wildman–Crippen LogP) is 2.37. The maximum absolute atomic E-state index is 13.4. The Morgan fingerprint density at radius 1 is 1.47 bits per heavy atom. The van der Waals surface area contributed by atoms with E-state index in [9.17, 15) is 9.18 Å². The van der Waals surface area contributed by atoms with Gasteiger partial charge in [-0.25, -0.2) is 4.39 Å². The van der Waals surface area contributed by atoms with Crippen LogP contribution < -0.4 is 5.32 Å². The Morgan fingerprint density at radius 2 is 2.11 bits per heavy atom. The molecule has 1 amide bonds. The molecular formula is C14H18FN3O. The second-order valence-electron chi connectivity index (χ2n) is 4.18. The van der Waals surface area contributed by atoms with Crippen molar-refractivity contribution < 1.29 is 9.18 Å². The third-order valence-corrected chi connectivity index (χ3v) is 2.92. The van der Waals surface area contributed by atoms with E-state index >= 15 is 0 Å². The van der Waals surface area contributed by atoms with E-state index in [-0.39, 0.29) is 11.5 Å². The van der Waals surface area contributed by atoms with E-state index in [2.05, 4.69) is 5.32 Å². The first kappa shape index (κ1) is 15.0. The molecule has 19 heavy (non-hydrogen) atoms. The monoisotopic (exact) mass is 263 g/mol. The van der Waals surface area contributed by atoms with Crippen LogP contribution in [0.1, 0.15) is 26.3 Å². The molecule has 1 rings (SSSR count). The van der Waals surface area contributed by atoms with E-state index in [0.717, 1.165) is 0 Å². The lowest BCUT2D eigenvalue weighted by Gasteiger charge is -2.24. The summed E-state index contributed by atoms with van der Waals surface area (Å²) >= 11 is 0. The zero-order valence-electron chi connectivity index (χ0n) is 11.4. The van der Waals surface area contributed by atoms with Gasteiger partial charge >= 0.3 is 0 Å². The van der Waals surface area contributed by atoms with E-state index in [1.165, 1.54) is 12.1 Å². The number of hydrogen-bond donors (Lipinski definition) is 1. The summed E-state index contributed by atoms with van der Waals surface area (Å²) in [5.74, 6) is -0.621. The van der Waals surface area contributed by atoms with Crippen molar-refractivity contribution in [1.29, 1.82) is 5.26 Å². The Kier molecular flexibility index (Phi) is 5.31. The molecule has 0 aliphatic heterocycles. The number of halogens is 1. The number of nitriles is 1. The number of carbonyl (C=O) groups excluding carboxylic acids is 1. The Bertz CT molecular complexity index is 492. The molecule has 5 heteroatoms. The Hall–Kier alpha value is -2.09. The molecule has 0 fully saturated rings. The van der Waals surface area contributed by atoms with Crippen molar-refractivity contribution in [3.63, 3.8) is 0 Å². The molecule has 0 spiro atoms. The zero-order chi connectivity index (χ0) is 14.4. The second kappa shape index (κ2) is 6.74. The molecule has 4 nitrogen and oxygen atoms in total. The number of nitrogens with one attached hydrogen (secondary N) is 1. The molecule has 0 aliphatic carbocycles. The molecule has 0 saturated heterocycles. The molecule has 1 aromatic carbocycles. The normalized spacial score (nSPS) is 11.5. The van der Waals surface area contributed by atoms with E-state index in [4.69, 9.17) is 5.26 Å². The third-order valence-electron chi connectivity index (χ3n) is 2.92. The van der Waals surface area contributed by atoms with Crippen LogP contribution in [0.3, 0.4) is 0 Å². The fourth-order valence-electron chi connectivity index (χ4n) is 1.82. The minimum Gasteiger partial charge on any atom is -0.374 e. The number of carbonyl (C=O) groups is 1. The summed E-state index contributed by atoms with van der Waals surface area (Å²) in [5, 5.41) is 11.6. The molecular weight excluding hydrogens is 245 g/mol. The van der Waals surface area contributed by atoms with Gasteiger partial charge in [-0.2, -0.15) is 5.26 Å². The van der Waals surface area contributed by atoms with Crippen molar-refractivity contribution in [2.45, 2.75) is 26.8 Å². The lowest BCUT2D eigenvalue weighted by Crippen LogP contribution is -2.41. The van der Waals surface area contributed by atoms with Crippen LogP contribution in [0.25, 0.3) is 0 Å². The van der Waals surface area contributed by atoms with Gasteiger partial charge in [0.15, 0.2) is 0 Å². The van der Waals surface area contributed by atoms with Gasteiger partial charge in [0.1, 0.15) is 17.9 Å². The van der Waals surface area contributed by atoms with Crippen molar-refractivity contribution in [1.82, 2.24) is 4.90 Å². The van der Waals surface area contributed by atoms with E-state index in [1.54, 1.807) is 24.0 Å².